The molecule has 20 heavy (non-hydrogen) atoms. The Morgan fingerprint density at radius 3 is 2.10 bits per heavy atom. The van der Waals surface area contributed by atoms with Crippen LogP contribution in [0, 0.1) is 0 Å². The molecule has 0 aliphatic carbocycles. The van der Waals surface area contributed by atoms with Crippen molar-refractivity contribution >= 4 is 24.3 Å². The highest BCUT2D eigenvalue weighted by Crippen LogP contribution is 2.36. The van der Waals surface area contributed by atoms with Crippen LogP contribution in [0.3, 0.4) is 0 Å². The highest BCUT2D eigenvalue weighted by Gasteiger charge is 2.52. The third-order valence-corrected chi connectivity index (χ3v) is 4.15. The van der Waals surface area contributed by atoms with Gasteiger partial charge in [0.1, 0.15) is 5.60 Å². The van der Waals surface area contributed by atoms with Gasteiger partial charge in [-0.1, -0.05) is 11.6 Å². The van der Waals surface area contributed by atoms with E-state index >= 15 is 0 Å². The van der Waals surface area contributed by atoms with Gasteiger partial charge in [0.2, 0.25) is 0 Å². The molecule has 0 aromatic carbocycles. The molecule has 0 bridgehead atoms. The quantitative estimate of drug-likeness (QED) is 0.851. The summed E-state index contributed by atoms with van der Waals surface area (Å²) in [6.45, 7) is 11.3. The minimum absolute atomic E-state index is 0.434. The molecule has 1 saturated heterocycles. The van der Waals surface area contributed by atoms with Crippen LogP contribution in [0.25, 0.3) is 0 Å². The zero-order valence-electron chi connectivity index (χ0n) is 12.8. The van der Waals surface area contributed by atoms with Gasteiger partial charge in [-0.3, -0.25) is 4.98 Å². The molecular weight excluding hydrogens is 276 g/mol. The van der Waals surface area contributed by atoms with E-state index < -0.39 is 23.9 Å². The summed E-state index contributed by atoms with van der Waals surface area (Å²) >= 11 is 6.11. The molecule has 0 amide bonds. The maximum atomic E-state index is 10.1. The fraction of sp³-hybridized carbons (Fsp3) is 0.643. The lowest BCUT2D eigenvalue weighted by atomic mass is 9.83. The van der Waals surface area contributed by atoms with Gasteiger partial charge in [-0.05, 0) is 53.7 Å². The molecule has 2 heterocycles. The Bertz CT molecular complexity index is 510. The number of pyridine rings is 1. The van der Waals surface area contributed by atoms with E-state index in [0.717, 1.165) is 0 Å². The van der Waals surface area contributed by atoms with Crippen LogP contribution in [-0.2, 0) is 14.9 Å². The molecule has 2 rings (SSSR count). The van der Waals surface area contributed by atoms with Crippen LogP contribution >= 0.6 is 11.6 Å². The van der Waals surface area contributed by atoms with E-state index in [0.29, 0.717) is 16.3 Å². The second-order valence-electron chi connectivity index (χ2n) is 6.74. The van der Waals surface area contributed by atoms with Crippen molar-refractivity contribution in [3.05, 3.63) is 22.8 Å². The molecule has 1 aromatic heterocycles. The molecular formula is C14H21BClNO3. The van der Waals surface area contributed by atoms with E-state index in [2.05, 4.69) is 4.98 Å². The van der Waals surface area contributed by atoms with Crippen molar-refractivity contribution in [2.45, 2.75) is 58.3 Å². The zero-order valence-corrected chi connectivity index (χ0v) is 13.6. The van der Waals surface area contributed by atoms with Crippen LogP contribution in [0.1, 0.15) is 47.2 Å². The third kappa shape index (κ3) is 2.86. The van der Waals surface area contributed by atoms with Crippen molar-refractivity contribution in [1.82, 2.24) is 4.98 Å². The maximum absolute atomic E-state index is 10.1. The molecule has 1 N–H and O–H groups in total. The Kier molecular flexibility index (Phi) is 3.71. The molecule has 4 nitrogen and oxygen atoms in total. The van der Waals surface area contributed by atoms with Gasteiger partial charge < -0.3 is 14.4 Å². The Hall–Kier alpha value is -0.615. The largest absolute Gasteiger partial charge is 0.514 e. The van der Waals surface area contributed by atoms with Gasteiger partial charge in [0.05, 0.1) is 22.5 Å². The summed E-state index contributed by atoms with van der Waals surface area (Å²) in [5.74, 6) is 0. The smallest absolute Gasteiger partial charge is 0.398 e. The molecule has 1 aromatic rings. The summed E-state index contributed by atoms with van der Waals surface area (Å²) in [7, 11) is -0.584. The van der Waals surface area contributed by atoms with Crippen LogP contribution in [0.2, 0.25) is 5.02 Å². The SMILES string of the molecule is CC(C)(O)c1cc(Cl)cc(B2OC(C)(C)C(C)(C)O2)n1. The maximum Gasteiger partial charge on any atom is 0.514 e. The molecule has 0 spiro atoms. The lowest BCUT2D eigenvalue weighted by Crippen LogP contribution is -2.41. The van der Waals surface area contributed by atoms with Crippen LogP contribution in [-0.4, -0.2) is 28.4 Å². The molecule has 0 saturated carbocycles. The second-order valence-corrected chi connectivity index (χ2v) is 7.18. The molecule has 1 aliphatic rings. The van der Waals surface area contributed by atoms with E-state index in [1.807, 2.05) is 27.7 Å². The number of halogens is 1. The minimum Gasteiger partial charge on any atom is -0.398 e. The van der Waals surface area contributed by atoms with Gasteiger partial charge in [-0.15, -0.1) is 0 Å². The average Bonchev–Trinajstić information content (AvgIpc) is 2.46. The minimum atomic E-state index is -1.07. The van der Waals surface area contributed by atoms with Gasteiger partial charge >= 0.3 is 7.12 Å². The topological polar surface area (TPSA) is 51.6 Å². The highest BCUT2D eigenvalue weighted by molar-refractivity contribution is 6.61. The van der Waals surface area contributed by atoms with Crippen molar-refractivity contribution < 1.29 is 14.4 Å². The fourth-order valence-electron chi connectivity index (χ4n) is 1.92. The van der Waals surface area contributed by atoms with Crippen molar-refractivity contribution in [2.75, 3.05) is 0 Å². The first-order valence-corrected chi connectivity index (χ1v) is 7.06. The highest BCUT2D eigenvalue weighted by atomic mass is 35.5. The van der Waals surface area contributed by atoms with Crippen LogP contribution in [0.15, 0.2) is 12.1 Å². The Morgan fingerprint density at radius 1 is 1.15 bits per heavy atom. The van der Waals surface area contributed by atoms with Crippen molar-refractivity contribution in [3.63, 3.8) is 0 Å². The summed E-state index contributed by atoms with van der Waals surface area (Å²) in [5, 5.41) is 10.6. The van der Waals surface area contributed by atoms with E-state index in [1.165, 1.54) is 0 Å². The molecule has 0 atom stereocenters. The predicted molar refractivity (Wildman–Crippen MR) is 80.2 cm³/mol. The van der Waals surface area contributed by atoms with Gasteiger partial charge in [0, 0.05) is 5.02 Å². The summed E-state index contributed by atoms with van der Waals surface area (Å²) in [6.07, 6.45) is 0. The summed E-state index contributed by atoms with van der Waals surface area (Å²) in [4.78, 5) is 4.43. The molecule has 1 fully saturated rings. The fourth-order valence-corrected chi connectivity index (χ4v) is 2.13. The summed E-state index contributed by atoms with van der Waals surface area (Å²) in [5.41, 5.74) is -0.862. The number of rotatable bonds is 2. The Morgan fingerprint density at radius 2 is 1.65 bits per heavy atom. The first kappa shape index (κ1) is 15.8. The zero-order chi connectivity index (χ0) is 15.3. The lowest BCUT2D eigenvalue weighted by molar-refractivity contribution is 0.00578. The molecule has 0 unspecified atom stereocenters. The molecule has 6 heteroatoms. The normalized spacial score (nSPS) is 21.3. The van der Waals surface area contributed by atoms with E-state index in [4.69, 9.17) is 20.9 Å². The van der Waals surface area contributed by atoms with Gasteiger partial charge in [0.15, 0.2) is 0 Å². The number of aliphatic hydroxyl groups is 1. The van der Waals surface area contributed by atoms with E-state index in [1.54, 1.807) is 26.0 Å². The van der Waals surface area contributed by atoms with E-state index in [-0.39, 0.29) is 0 Å². The van der Waals surface area contributed by atoms with Crippen LogP contribution in [0.4, 0.5) is 0 Å². The second kappa shape index (κ2) is 4.70. The van der Waals surface area contributed by atoms with E-state index in [9.17, 15) is 5.11 Å². The number of aromatic nitrogens is 1. The third-order valence-electron chi connectivity index (χ3n) is 3.93. The number of hydrogen-bond donors (Lipinski definition) is 1. The van der Waals surface area contributed by atoms with Crippen LogP contribution in [0.5, 0.6) is 0 Å². The summed E-state index contributed by atoms with van der Waals surface area (Å²) in [6, 6.07) is 3.36. The monoisotopic (exact) mass is 297 g/mol. The standard InChI is InChI=1S/C14H21BClNO3/c1-12(2,18)10-7-9(16)8-11(17-10)15-19-13(3,4)14(5,6)20-15/h7-8,18H,1-6H3. The first-order valence-electron chi connectivity index (χ1n) is 6.68. The molecule has 0 radical (unpaired) electrons. The van der Waals surface area contributed by atoms with Gasteiger partial charge in [-0.25, -0.2) is 0 Å². The van der Waals surface area contributed by atoms with Crippen molar-refractivity contribution in [2.24, 2.45) is 0 Å². The number of hydrogen-bond acceptors (Lipinski definition) is 4. The molecule has 1 aliphatic heterocycles. The van der Waals surface area contributed by atoms with Gasteiger partial charge in [-0.2, -0.15) is 0 Å². The Labute approximate surface area is 125 Å². The number of nitrogens with zero attached hydrogens (tertiary/aromatic N) is 1. The molecule has 110 valence electrons. The lowest BCUT2D eigenvalue weighted by Gasteiger charge is -2.32. The Balaban J connectivity index is 2.38. The first-order chi connectivity index (χ1) is 8.92. The van der Waals surface area contributed by atoms with Gasteiger partial charge in [0.25, 0.3) is 0 Å². The summed E-state index contributed by atoms with van der Waals surface area (Å²) < 4.78 is 11.9. The average molecular weight is 298 g/mol. The van der Waals surface area contributed by atoms with Crippen molar-refractivity contribution in [3.8, 4) is 0 Å². The predicted octanol–water partition coefficient (Wildman–Crippen LogP) is 2.26. The van der Waals surface area contributed by atoms with Crippen molar-refractivity contribution in [1.29, 1.82) is 0 Å². The van der Waals surface area contributed by atoms with Crippen LogP contribution < -0.4 is 5.59 Å².